The molecule has 0 fully saturated rings. The Kier molecular flexibility index (Phi) is 8.44. The Hall–Kier alpha value is -1.24. The first-order valence-corrected chi connectivity index (χ1v) is 8.06. The first kappa shape index (κ1) is 19.8. The predicted octanol–water partition coefficient (Wildman–Crippen LogP) is 3.39. The topological polar surface area (TPSA) is 39.7 Å². The molecule has 0 spiro atoms. The van der Waals surface area contributed by atoms with E-state index in [1.54, 1.807) is 0 Å². The van der Waals surface area contributed by atoms with Crippen molar-refractivity contribution >= 4 is 35.6 Å². The first-order chi connectivity index (χ1) is 10.6. The molecule has 0 saturated heterocycles. The van der Waals surface area contributed by atoms with Crippen LogP contribution < -0.4 is 15.5 Å². The van der Waals surface area contributed by atoms with Crippen molar-refractivity contribution in [3.05, 3.63) is 42.0 Å². The van der Waals surface area contributed by atoms with Crippen LogP contribution in [0, 0.1) is 5.92 Å². The van der Waals surface area contributed by atoms with E-state index in [1.165, 1.54) is 11.3 Å². The van der Waals surface area contributed by atoms with E-state index in [4.69, 9.17) is 0 Å². The summed E-state index contributed by atoms with van der Waals surface area (Å²) in [5.41, 5.74) is 2.55. The highest BCUT2D eigenvalue weighted by molar-refractivity contribution is 14.0. The van der Waals surface area contributed by atoms with E-state index in [0.29, 0.717) is 12.0 Å². The summed E-state index contributed by atoms with van der Waals surface area (Å²) in [6, 6.07) is 9.09. The van der Waals surface area contributed by atoms with Crippen LogP contribution in [0.3, 0.4) is 0 Å². The number of halogens is 1. The fraction of sp³-hybridized carbons (Fsp3) is 0.500. The van der Waals surface area contributed by atoms with Crippen molar-refractivity contribution in [2.24, 2.45) is 10.9 Å². The quantitative estimate of drug-likeness (QED) is 0.327. The summed E-state index contributed by atoms with van der Waals surface area (Å²) in [6.45, 7) is 9.38. The smallest absolute Gasteiger partial charge is 0.191 e. The summed E-state index contributed by atoms with van der Waals surface area (Å²) in [5.74, 6) is 1.43. The van der Waals surface area contributed by atoms with E-state index in [9.17, 15) is 0 Å². The second-order valence-electron chi connectivity index (χ2n) is 6.15. The summed E-state index contributed by atoms with van der Waals surface area (Å²) >= 11 is 0. The van der Waals surface area contributed by atoms with Crippen LogP contribution in [-0.4, -0.2) is 32.1 Å². The van der Waals surface area contributed by atoms with Gasteiger partial charge in [0.1, 0.15) is 0 Å². The highest BCUT2D eigenvalue weighted by atomic mass is 127. The summed E-state index contributed by atoms with van der Waals surface area (Å²) in [5, 5.41) is 6.82. The lowest BCUT2D eigenvalue weighted by Gasteiger charge is -2.21. The van der Waals surface area contributed by atoms with E-state index in [0.717, 1.165) is 25.6 Å². The van der Waals surface area contributed by atoms with Gasteiger partial charge in [-0.15, -0.1) is 24.0 Å². The van der Waals surface area contributed by atoms with Gasteiger partial charge in [-0.3, -0.25) is 4.99 Å². The molecule has 0 bridgehead atoms. The predicted molar refractivity (Wildman–Crippen MR) is 111 cm³/mol. The third-order valence-corrected chi connectivity index (χ3v) is 4.14. The molecule has 1 atom stereocenters. The maximum absolute atomic E-state index is 4.30. The molecule has 23 heavy (non-hydrogen) atoms. The minimum atomic E-state index is 0. The van der Waals surface area contributed by atoms with Gasteiger partial charge in [0.25, 0.3) is 0 Å². The second-order valence-corrected chi connectivity index (χ2v) is 6.15. The van der Waals surface area contributed by atoms with Crippen molar-refractivity contribution < 1.29 is 0 Å². The standard InChI is InChI=1S/C18H28N4.HI/c1-14(2)15(3)21-18(19-4)20-13-16-8-7-9-17(12-16)22-10-5-6-11-22;/h5-9,12,14-15H,10-11,13H2,1-4H3,(H2,19,20,21);1H. The zero-order valence-electron chi connectivity index (χ0n) is 14.5. The minimum Gasteiger partial charge on any atom is -0.364 e. The maximum Gasteiger partial charge on any atom is 0.191 e. The normalized spacial score (nSPS) is 15.5. The van der Waals surface area contributed by atoms with Gasteiger partial charge in [-0.05, 0) is 30.5 Å². The van der Waals surface area contributed by atoms with Crippen LogP contribution in [0.2, 0.25) is 0 Å². The second kappa shape index (κ2) is 9.80. The summed E-state index contributed by atoms with van der Waals surface area (Å²) in [4.78, 5) is 6.66. The Morgan fingerprint density at radius 1 is 1.22 bits per heavy atom. The van der Waals surface area contributed by atoms with Crippen LogP contribution in [-0.2, 0) is 6.54 Å². The van der Waals surface area contributed by atoms with Crippen LogP contribution in [0.1, 0.15) is 26.3 Å². The number of hydrogen-bond acceptors (Lipinski definition) is 2. The molecule has 1 heterocycles. The Balaban J connectivity index is 0.00000264. The Morgan fingerprint density at radius 3 is 2.52 bits per heavy atom. The average Bonchev–Trinajstić information content (AvgIpc) is 3.05. The highest BCUT2D eigenvalue weighted by Gasteiger charge is 2.10. The lowest BCUT2D eigenvalue weighted by atomic mass is 10.1. The van der Waals surface area contributed by atoms with Gasteiger partial charge in [0.15, 0.2) is 5.96 Å². The zero-order chi connectivity index (χ0) is 15.9. The molecule has 0 amide bonds. The number of aliphatic imine (C=N–C) groups is 1. The van der Waals surface area contributed by atoms with E-state index in [-0.39, 0.29) is 24.0 Å². The number of hydrogen-bond donors (Lipinski definition) is 2. The third kappa shape index (κ3) is 6.05. The molecule has 2 N–H and O–H groups in total. The molecule has 128 valence electrons. The molecule has 1 aliphatic rings. The van der Waals surface area contributed by atoms with Gasteiger partial charge in [-0.1, -0.05) is 38.1 Å². The third-order valence-electron chi connectivity index (χ3n) is 4.14. The van der Waals surface area contributed by atoms with Crippen molar-refractivity contribution in [3.8, 4) is 0 Å². The molecular weight excluding hydrogens is 399 g/mol. The number of nitrogens with zero attached hydrogens (tertiary/aromatic N) is 2. The molecule has 4 nitrogen and oxygen atoms in total. The minimum absolute atomic E-state index is 0. The number of anilines is 1. The molecular formula is C18H29IN4. The fourth-order valence-corrected chi connectivity index (χ4v) is 2.31. The van der Waals surface area contributed by atoms with E-state index in [2.05, 4.69) is 77.7 Å². The molecule has 5 heteroatoms. The lowest BCUT2D eigenvalue weighted by Crippen LogP contribution is -2.43. The SMILES string of the molecule is CN=C(NCc1cccc(N2CC=CC2)c1)NC(C)C(C)C.I. The number of nitrogens with one attached hydrogen (secondary N) is 2. The van der Waals surface area contributed by atoms with Crippen LogP contribution >= 0.6 is 24.0 Å². The van der Waals surface area contributed by atoms with Gasteiger partial charge in [-0.25, -0.2) is 0 Å². The van der Waals surface area contributed by atoms with Crippen LogP contribution in [0.4, 0.5) is 5.69 Å². The Labute approximate surface area is 157 Å². The number of rotatable bonds is 5. The number of guanidine groups is 1. The summed E-state index contributed by atoms with van der Waals surface area (Å²) in [6.07, 6.45) is 4.42. The largest absolute Gasteiger partial charge is 0.364 e. The monoisotopic (exact) mass is 428 g/mol. The van der Waals surface area contributed by atoms with Crippen molar-refractivity contribution in [3.63, 3.8) is 0 Å². The van der Waals surface area contributed by atoms with Crippen molar-refractivity contribution in [1.29, 1.82) is 0 Å². The van der Waals surface area contributed by atoms with Gasteiger partial charge < -0.3 is 15.5 Å². The van der Waals surface area contributed by atoms with Crippen LogP contribution in [0.25, 0.3) is 0 Å². The molecule has 0 aromatic heterocycles. The van der Waals surface area contributed by atoms with Gasteiger partial charge in [-0.2, -0.15) is 0 Å². The molecule has 0 radical (unpaired) electrons. The summed E-state index contributed by atoms with van der Waals surface area (Å²) in [7, 11) is 1.81. The Bertz CT molecular complexity index is 532. The van der Waals surface area contributed by atoms with Gasteiger partial charge >= 0.3 is 0 Å². The molecule has 1 unspecified atom stereocenters. The Morgan fingerprint density at radius 2 is 1.91 bits per heavy atom. The first-order valence-electron chi connectivity index (χ1n) is 8.06. The molecule has 2 rings (SSSR count). The summed E-state index contributed by atoms with van der Waals surface area (Å²) < 4.78 is 0. The van der Waals surface area contributed by atoms with E-state index < -0.39 is 0 Å². The lowest BCUT2D eigenvalue weighted by molar-refractivity contribution is 0.481. The van der Waals surface area contributed by atoms with Crippen molar-refractivity contribution in [2.75, 3.05) is 25.0 Å². The molecule has 1 aromatic carbocycles. The van der Waals surface area contributed by atoms with E-state index >= 15 is 0 Å². The van der Waals surface area contributed by atoms with Crippen molar-refractivity contribution in [1.82, 2.24) is 10.6 Å². The molecule has 1 aromatic rings. The van der Waals surface area contributed by atoms with E-state index in [1.807, 2.05) is 7.05 Å². The molecule has 0 aliphatic carbocycles. The number of benzene rings is 1. The highest BCUT2D eigenvalue weighted by Crippen LogP contribution is 2.18. The average molecular weight is 428 g/mol. The molecule has 0 saturated carbocycles. The van der Waals surface area contributed by atoms with Gasteiger partial charge in [0.05, 0.1) is 0 Å². The molecule has 1 aliphatic heterocycles. The maximum atomic E-state index is 4.30. The van der Waals surface area contributed by atoms with Gasteiger partial charge in [0.2, 0.25) is 0 Å². The van der Waals surface area contributed by atoms with Crippen LogP contribution in [0.15, 0.2) is 41.4 Å². The zero-order valence-corrected chi connectivity index (χ0v) is 16.9. The fourth-order valence-electron chi connectivity index (χ4n) is 2.31. The van der Waals surface area contributed by atoms with Crippen molar-refractivity contribution in [2.45, 2.75) is 33.4 Å². The van der Waals surface area contributed by atoms with Gasteiger partial charge in [0, 0.05) is 38.4 Å². The van der Waals surface area contributed by atoms with Crippen LogP contribution in [0.5, 0.6) is 0 Å².